The summed E-state index contributed by atoms with van der Waals surface area (Å²) in [4.78, 5) is 29.5. The predicted molar refractivity (Wildman–Crippen MR) is 157 cm³/mol. The number of nitrogens with zero attached hydrogens (tertiary/aromatic N) is 1. The smallest absolute Gasteiger partial charge is 0.326 e. The third-order valence-electron chi connectivity index (χ3n) is 6.62. The lowest BCUT2D eigenvalue weighted by atomic mass is 9.87. The number of hydrogen-bond acceptors (Lipinski definition) is 5. The Hall–Kier alpha value is -4.10. The second-order valence-electron chi connectivity index (χ2n) is 9.31. The minimum Gasteiger partial charge on any atom is -0.487 e. The number of carbonyl (C=O) groups excluding carboxylic acids is 1. The SMILES string of the molecule is CSCC[C@H](NC(=O)c1cccc(-c2ccc(COc3cccnc3)c(C)c2)c1-c1ccccc1C)C(=O)O. The zero-order valence-corrected chi connectivity index (χ0v) is 23.1. The van der Waals surface area contributed by atoms with Crippen LogP contribution in [0, 0.1) is 13.8 Å². The molecule has 0 aliphatic rings. The zero-order valence-electron chi connectivity index (χ0n) is 22.3. The van der Waals surface area contributed by atoms with Gasteiger partial charge in [-0.05, 0) is 83.9 Å². The van der Waals surface area contributed by atoms with E-state index in [1.807, 2.05) is 80.8 Å². The third kappa shape index (κ3) is 6.86. The van der Waals surface area contributed by atoms with Crippen molar-refractivity contribution in [1.29, 1.82) is 0 Å². The molecule has 0 saturated carbocycles. The number of benzene rings is 3. The molecule has 3 aromatic carbocycles. The Morgan fingerprint density at radius 1 is 0.974 bits per heavy atom. The normalized spacial score (nSPS) is 11.6. The predicted octanol–water partition coefficient (Wildman–Crippen LogP) is 6.55. The van der Waals surface area contributed by atoms with Gasteiger partial charge in [-0.25, -0.2) is 4.79 Å². The van der Waals surface area contributed by atoms with E-state index in [0.29, 0.717) is 30.1 Å². The fraction of sp³-hybridized carbons (Fsp3) is 0.219. The number of nitrogens with one attached hydrogen (secondary N) is 1. The van der Waals surface area contributed by atoms with Crippen molar-refractivity contribution in [3.05, 3.63) is 107 Å². The monoisotopic (exact) mass is 540 g/mol. The van der Waals surface area contributed by atoms with Crippen LogP contribution in [0.1, 0.15) is 33.5 Å². The lowest BCUT2D eigenvalue weighted by Crippen LogP contribution is -2.41. The standard InChI is InChI=1S/C32H32N2O4S/c1-21-8-4-5-10-26(21)30-27(11-6-12-28(30)31(35)34-29(32(36)37)15-17-39-3)23-13-14-24(22(2)18-23)20-38-25-9-7-16-33-19-25/h4-14,16,18-19,29H,15,17,20H2,1-3H3,(H,34,35)(H,36,37)/t29-/m0/s1. The van der Waals surface area contributed by atoms with Crippen LogP contribution < -0.4 is 10.1 Å². The van der Waals surface area contributed by atoms with Gasteiger partial charge in [0.15, 0.2) is 0 Å². The van der Waals surface area contributed by atoms with Crippen LogP contribution in [-0.4, -0.2) is 40.0 Å². The maximum atomic E-state index is 13.5. The minimum atomic E-state index is -1.04. The Labute approximate surface area is 233 Å². The number of carbonyl (C=O) groups is 2. The molecule has 1 amide bonds. The summed E-state index contributed by atoms with van der Waals surface area (Å²) in [6.07, 6.45) is 5.66. The molecule has 39 heavy (non-hydrogen) atoms. The highest BCUT2D eigenvalue weighted by molar-refractivity contribution is 7.98. The number of aromatic nitrogens is 1. The first-order valence-electron chi connectivity index (χ1n) is 12.7. The van der Waals surface area contributed by atoms with Gasteiger partial charge in [0.05, 0.1) is 6.20 Å². The molecule has 7 heteroatoms. The number of carboxylic acid groups (broad SMARTS) is 1. The topological polar surface area (TPSA) is 88.5 Å². The summed E-state index contributed by atoms with van der Waals surface area (Å²) in [5.41, 5.74) is 7.14. The summed E-state index contributed by atoms with van der Waals surface area (Å²) < 4.78 is 5.90. The fourth-order valence-electron chi connectivity index (χ4n) is 4.47. The highest BCUT2D eigenvalue weighted by Gasteiger charge is 2.24. The number of ether oxygens (including phenoxy) is 1. The summed E-state index contributed by atoms with van der Waals surface area (Å²) in [5.74, 6) is -0.0934. The number of hydrogen-bond donors (Lipinski definition) is 2. The first-order chi connectivity index (χ1) is 18.9. The van der Waals surface area contributed by atoms with Gasteiger partial charge in [-0.2, -0.15) is 11.8 Å². The molecule has 4 rings (SSSR count). The van der Waals surface area contributed by atoms with Gasteiger partial charge in [0.2, 0.25) is 0 Å². The van der Waals surface area contributed by atoms with Gasteiger partial charge in [-0.3, -0.25) is 9.78 Å². The molecule has 6 nitrogen and oxygen atoms in total. The zero-order chi connectivity index (χ0) is 27.8. The minimum absolute atomic E-state index is 0.351. The molecule has 1 atom stereocenters. The largest absolute Gasteiger partial charge is 0.487 e. The Morgan fingerprint density at radius 2 is 1.77 bits per heavy atom. The quantitative estimate of drug-likeness (QED) is 0.224. The first kappa shape index (κ1) is 27.9. The van der Waals surface area contributed by atoms with Crippen LogP contribution in [0.25, 0.3) is 22.3 Å². The van der Waals surface area contributed by atoms with Crippen molar-refractivity contribution in [2.45, 2.75) is 32.9 Å². The molecule has 1 heterocycles. The van der Waals surface area contributed by atoms with Crippen LogP contribution in [-0.2, 0) is 11.4 Å². The van der Waals surface area contributed by atoms with Crippen LogP contribution in [0.2, 0.25) is 0 Å². The summed E-state index contributed by atoms with van der Waals surface area (Å²) in [5, 5.41) is 12.4. The number of rotatable bonds is 11. The molecular weight excluding hydrogens is 508 g/mol. The van der Waals surface area contributed by atoms with E-state index >= 15 is 0 Å². The summed E-state index contributed by atoms with van der Waals surface area (Å²) in [7, 11) is 0. The Morgan fingerprint density at radius 3 is 2.46 bits per heavy atom. The van der Waals surface area contributed by atoms with E-state index < -0.39 is 17.9 Å². The van der Waals surface area contributed by atoms with E-state index in [1.54, 1.807) is 30.2 Å². The van der Waals surface area contributed by atoms with Crippen LogP contribution in [0.15, 0.2) is 85.2 Å². The molecule has 0 unspecified atom stereocenters. The number of carboxylic acids is 1. The van der Waals surface area contributed by atoms with Crippen molar-refractivity contribution in [2.75, 3.05) is 12.0 Å². The molecule has 0 radical (unpaired) electrons. The molecule has 0 aliphatic heterocycles. The number of aliphatic carboxylic acids is 1. The van der Waals surface area contributed by atoms with Crippen LogP contribution in [0.3, 0.4) is 0 Å². The molecular formula is C32H32N2O4S. The maximum Gasteiger partial charge on any atom is 0.326 e. The number of amides is 1. The summed E-state index contributed by atoms with van der Waals surface area (Å²) >= 11 is 1.55. The van der Waals surface area contributed by atoms with Gasteiger partial charge < -0.3 is 15.2 Å². The van der Waals surface area contributed by atoms with E-state index in [4.69, 9.17) is 4.74 Å². The lowest BCUT2D eigenvalue weighted by molar-refractivity contribution is -0.139. The van der Waals surface area contributed by atoms with E-state index in [2.05, 4.69) is 16.4 Å². The highest BCUT2D eigenvalue weighted by atomic mass is 32.2. The average Bonchev–Trinajstić information content (AvgIpc) is 2.94. The number of thioether (sulfide) groups is 1. The lowest BCUT2D eigenvalue weighted by Gasteiger charge is -2.20. The van der Waals surface area contributed by atoms with Gasteiger partial charge in [0.1, 0.15) is 18.4 Å². The van der Waals surface area contributed by atoms with Crippen molar-refractivity contribution < 1.29 is 19.4 Å². The van der Waals surface area contributed by atoms with Crippen LogP contribution in [0.4, 0.5) is 0 Å². The molecule has 0 aliphatic carbocycles. The molecule has 0 spiro atoms. The van der Waals surface area contributed by atoms with E-state index in [1.165, 1.54) is 0 Å². The van der Waals surface area contributed by atoms with E-state index in [0.717, 1.165) is 38.9 Å². The molecule has 2 N–H and O–H groups in total. The highest BCUT2D eigenvalue weighted by Crippen LogP contribution is 2.37. The Balaban J connectivity index is 1.73. The van der Waals surface area contributed by atoms with Crippen molar-refractivity contribution in [1.82, 2.24) is 10.3 Å². The summed E-state index contributed by atoms with van der Waals surface area (Å²) in [6.45, 7) is 4.46. The molecule has 0 saturated heterocycles. The molecule has 200 valence electrons. The van der Waals surface area contributed by atoms with Crippen molar-refractivity contribution >= 4 is 23.6 Å². The summed E-state index contributed by atoms with van der Waals surface area (Å²) in [6, 6.07) is 22.4. The molecule has 4 aromatic rings. The molecule has 1 aromatic heterocycles. The number of aryl methyl sites for hydroxylation is 2. The van der Waals surface area contributed by atoms with E-state index in [-0.39, 0.29) is 0 Å². The molecule has 0 fully saturated rings. The first-order valence-corrected chi connectivity index (χ1v) is 14.1. The fourth-order valence-corrected chi connectivity index (χ4v) is 4.95. The second-order valence-corrected chi connectivity index (χ2v) is 10.3. The van der Waals surface area contributed by atoms with Crippen LogP contribution in [0.5, 0.6) is 5.75 Å². The van der Waals surface area contributed by atoms with Crippen LogP contribution >= 0.6 is 11.8 Å². The number of pyridine rings is 1. The maximum absolute atomic E-state index is 13.5. The Bertz CT molecular complexity index is 1460. The van der Waals surface area contributed by atoms with Crippen molar-refractivity contribution in [2.24, 2.45) is 0 Å². The third-order valence-corrected chi connectivity index (χ3v) is 7.26. The van der Waals surface area contributed by atoms with Gasteiger partial charge in [0.25, 0.3) is 5.91 Å². The average molecular weight is 541 g/mol. The second kappa shape index (κ2) is 13.1. The van der Waals surface area contributed by atoms with Gasteiger partial charge in [-0.15, -0.1) is 0 Å². The van der Waals surface area contributed by atoms with Crippen molar-refractivity contribution in [3.8, 4) is 28.0 Å². The van der Waals surface area contributed by atoms with Gasteiger partial charge in [-0.1, -0.05) is 54.6 Å². The Kier molecular flexibility index (Phi) is 9.39. The van der Waals surface area contributed by atoms with Gasteiger partial charge in [0, 0.05) is 17.3 Å². The van der Waals surface area contributed by atoms with Gasteiger partial charge >= 0.3 is 5.97 Å². The van der Waals surface area contributed by atoms with E-state index in [9.17, 15) is 14.7 Å². The molecule has 0 bridgehead atoms. The van der Waals surface area contributed by atoms with Crippen molar-refractivity contribution in [3.63, 3.8) is 0 Å².